The number of nitrogens with zero attached hydrogens (tertiary/aromatic N) is 2. The van der Waals surface area contributed by atoms with Crippen LogP contribution in [0.2, 0.25) is 0 Å². The van der Waals surface area contributed by atoms with Crippen molar-refractivity contribution in [2.75, 3.05) is 0 Å². The average Bonchev–Trinajstić information content (AvgIpc) is 3.45. The molecule has 1 amide bonds. The summed E-state index contributed by atoms with van der Waals surface area (Å²) in [4.78, 5) is 16.4. The van der Waals surface area contributed by atoms with E-state index >= 15 is 0 Å². The zero-order valence-electron chi connectivity index (χ0n) is 16.3. The van der Waals surface area contributed by atoms with Crippen LogP contribution in [-0.4, -0.2) is 15.5 Å². The van der Waals surface area contributed by atoms with Crippen LogP contribution >= 0.6 is 0 Å². The van der Waals surface area contributed by atoms with E-state index < -0.39 is 0 Å². The molecule has 0 saturated heterocycles. The zero-order chi connectivity index (χ0) is 20.1. The van der Waals surface area contributed by atoms with E-state index in [1.165, 1.54) is 0 Å². The van der Waals surface area contributed by atoms with Gasteiger partial charge in [-0.25, -0.2) is 4.98 Å². The minimum Gasteiger partial charge on any atom is -0.461 e. The van der Waals surface area contributed by atoms with Crippen molar-refractivity contribution in [3.05, 3.63) is 96.8 Å². The van der Waals surface area contributed by atoms with Gasteiger partial charge in [0.05, 0.1) is 12.4 Å². The van der Waals surface area contributed by atoms with E-state index in [0.29, 0.717) is 12.8 Å². The van der Waals surface area contributed by atoms with E-state index in [9.17, 15) is 4.79 Å². The number of rotatable bonds is 7. The van der Waals surface area contributed by atoms with E-state index in [0.717, 1.165) is 28.3 Å². The number of imidazole rings is 1. The van der Waals surface area contributed by atoms with Gasteiger partial charge in [0.15, 0.2) is 0 Å². The third kappa shape index (κ3) is 4.63. The summed E-state index contributed by atoms with van der Waals surface area (Å²) in [5.41, 5.74) is 3.14. The first kappa shape index (κ1) is 18.7. The van der Waals surface area contributed by atoms with Crippen molar-refractivity contribution in [3.8, 4) is 17.0 Å². The molecule has 29 heavy (non-hydrogen) atoms. The maximum Gasteiger partial charge on any atom is 0.220 e. The highest BCUT2D eigenvalue weighted by atomic mass is 16.3. The lowest BCUT2D eigenvalue weighted by Gasteiger charge is -2.15. The number of nitrogens with one attached hydrogen (secondary N) is 1. The molecule has 0 aliphatic carbocycles. The van der Waals surface area contributed by atoms with Gasteiger partial charge < -0.3 is 14.3 Å². The van der Waals surface area contributed by atoms with E-state index in [1.807, 2.05) is 84.4 Å². The predicted molar refractivity (Wildman–Crippen MR) is 113 cm³/mol. The molecule has 2 aromatic heterocycles. The second-order valence-corrected chi connectivity index (χ2v) is 6.98. The van der Waals surface area contributed by atoms with Gasteiger partial charge in [-0.05, 0) is 36.8 Å². The minimum absolute atomic E-state index is 0.00819. The van der Waals surface area contributed by atoms with Crippen LogP contribution in [0.3, 0.4) is 0 Å². The lowest BCUT2D eigenvalue weighted by Crippen LogP contribution is -2.26. The van der Waals surface area contributed by atoms with Gasteiger partial charge in [0.2, 0.25) is 5.91 Å². The van der Waals surface area contributed by atoms with Crippen molar-refractivity contribution >= 4 is 5.91 Å². The molecule has 1 N–H and O–H groups in total. The monoisotopic (exact) mass is 385 g/mol. The number of hydrogen-bond acceptors (Lipinski definition) is 3. The molecule has 2 aromatic carbocycles. The minimum atomic E-state index is -0.0594. The van der Waals surface area contributed by atoms with Crippen molar-refractivity contribution in [2.24, 2.45) is 0 Å². The number of carbonyl (C=O) groups is 1. The Hall–Kier alpha value is -3.60. The van der Waals surface area contributed by atoms with Crippen LogP contribution < -0.4 is 5.32 Å². The lowest BCUT2D eigenvalue weighted by molar-refractivity contribution is -0.121. The Morgan fingerprint density at radius 2 is 1.86 bits per heavy atom. The molecule has 0 aliphatic rings. The fourth-order valence-electron chi connectivity index (χ4n) is 3.25. The fraction of sp³-hybridized carbons (Fsp3) is 0.167. The summed E-state index contributed by atoms with van der Waals surface area (Å²) >= 11 is 0. The molecule has 0 fully saturated rings. The molecule has 0 spiro atoms. The molecule has 0 saturated carbocycles. The third-order valence-electron chi connectivity index (χ3n) is 4.89. The Balaban J connectivity index is 1.30. The summed E-state index contributed by atoms with van der Waals surface area (Å²) in [5.74, 6) is 1.65. The summed E-state index contributed by atoms with van der Waals surface area (Å²) in [7, 11) is 0. The summed E-state index contributed by atoms with van der Waals surface area (Å²) in [6.45, 7) is 1.99. The Morgan fingerprint density at radius 1 is 1.07 bits per heavy atom. The van der Waals surface area contributed by atoms with Crippen LogP contribution in [-0.2, 0) is 11.2 Å². The Morgan fingerprint density at radius 3 is 2.59 bits per heavy atom. The normalized spacial score (nSPS) is 11.9. The van der Waals surface area contributed by atoms with Crippen molar-refractivity contribution < 1.29 is 9.21 Å². The highest BCUT2D eigenvalue weighted by molar-refractivity contribution is 5.76. The number of aryl methyl sites for hydroxylation is 1. The lowest BCUT2D eigenvalue weighted by atomic mass is 10.1. The van der Waals surface area contributed by atoms with Gasteiger partial charge in [-0.15, -0.1) is 0 Å². The molecule has 4 rings (SSSR count). The van der Waals surface area contributed by atoms with Crippen LogP contribution in [0, 0.1) is 0 Å². The number of amides is 1. The molecule has 1 atom stereocenters. The van der Waals surface area contributed by atoms with Gasteiger partial charge in [0.25, 0.3) is 0 Å². The van der Waals surface area contributed by atoms with Crippen LogP contribution in [0.1, 0.15) is 30.7 Å². The summed E-state index contributed by atoms with van der Waals surface area (Å²) in [5, 5.41) is 3.06. The van der Waals surface area contributed by atoms with Crippen molar-refractivity contribution in [2.45, 2.75) is 25.8 Å². The van der Waals surface area contributed by atoms with Gasteiger partial charge >= 0.3 is 0 Å². The highest BCUT2D eigenvalue weighted by Gasteiger charge is 2.11. The number of hydrogen-bond donors (Lipinski definition) is 1. The first-order chi connectivity index (χ1) is 14.2. The van der Waals surface area contributed by atoms with E-state index in [2.05, 4.69) is 10.3 Å². The van der Waals surface area contributed by atoms with E-state index in [1.54, 1.807) is 12.5 Å². The molecule has 0 aliphatic heterocycles. The SMILES string of the molecule is C[C@H](NC(=O)CCc1ccc(-c2ccccc2)o1)c1ccc(-n2ccnc2)cc1. The van der Waals surface area contributed by atoms with E-state index in [-0.39, 0.29) is 11.9 Å². The molecule has 2 heterocycles. The smallest absolute Gasteiger partial charge is 0.220 e. The van der Waals surface area contributed by atoms with Gasteiger partial charge in [-0.3, -0.25) is 4.79 Å². The summed E-state index contributed by atoms with van der Waals surface area (Å²) in [6.07, 6.45) is 6.37. The average molecular weight is 385 g/mol. The topological polar surface area (TPSA) is 60.1 Å². The standard InChI is InChI=1S/C24H23N3O2/c1-18(19-7-9-21(10-8-19)27-16-15-25-17-27)26-24(28)14-12-22-11-13-23(29-22)20-5-3-2-4-6-20/h2-11,13,15-18H,12,14H2,1H3,(H,26,28)/t18-/m0/s1. The maximum atomic E-state index is 12.4. The Labute approximate surface area is 170 Å². The van der Waals surface area contributed by atoms with Gasteiger partial charge in [0, 0.05) is 36.5 Å². The van der Waals surface area contributed by atoms with Crippen molar-refractivity contribution in [1.29, 1.82) is 0 Å². The van der Waals surface area contributed by atoms with Crippen molar-refractivity contribution in [3.63, 3.8) is 0 Å². The maximum absolute atomic E-state index is 12.4. The molecule has 0 unspecified atom stereocenters. The first-order valence-corrected chi connectivity index (χ1v) is 9.71. The molecule has 5 heteroatoms. The molecule has 4 aromatic rings. The third-order valence-corrected chi connectivity index (χ3v) is 4.89. The van der Waals surface area contributed by atoms with Crippen LogP contribution in [0.4, 0.5) is 0 Å². The number of aromatic nitrogens is 2. The summed E-state index contributed by atoms with van der Waals surface area (Å²) < 4.78 is 7.82. The van der Waals surface area contributed by atoms with Crippen LogP contribution in [0.15, 0.2) is 89.9 Å². The predicted octanol–water partition coefficient (Wildman–Crippen LogP) is 4.94. The second-order valence-electron chi connectivity index (χ2n) is 6.98. The molecule has 146 valence electrons. The quantitative estimate of drug-likeness (QED) is 0.490. The summed E-state index contributed by atoms with van der Waals surface area (Å²) in [6, 6.07) is 21.9. The van der Waals surface area contributed by atoms with E-state index in [4.69, 9.17) is 4.42 Å². The highest BCUT2D eigenvalue weighted by Crippen LogP contribution is 2.22. The number of furan rings is 1. The molecular weight excluding hydrogens is 362 g/mol. The van der Waals surface area contributed by atoms with Gasteiger partial charge in [-0.1, -0.05) is 42.5 Å². The molecule has 0 bridgehead atoms. The zero-order valence-corrected chi connectivity index (χ0v) is 16.3. The molecule has 0 radical (unpaired) electrons. The molecular formula is C24H23N3O2. The van der Waals surface area contributed by atoms with Gasteiger partial charge in [-0.2, -0.15) is 0 Å². The Bertz CT molecular complexity index is 1050. The number of benzene rings is 2. The second kappa shape index (κ2) is 8.61. The Kier molecular flexibility index (Phi) is 5.56. The first-order valence-electron chi connectivity index (χ1n) is 9.71. The van der Waals surface area contributed by atoms with Crippen LogP contribution in [0.25, 0.3) is 17.0 Å². The fourth-order valence-corrected chi connectivity index (χ4v) is 3.25. The number of carbonyl (C=O) groups excluding carboxylic acids is 1. The van der Waals surface area contributed by atoms with Crippen molar-refractivity contribution in [1.82, 2.24) is 14.9 Å². The largest absolute Gasteiger partial charge is 0.461 e. The molecule has 5 nitrogen and oxygen atoms in total. The van der Waals surface area contributed by atoms with Crippen LogP contribution in [0.5, 0.6) is 0 Å². The van der Waals surface area contributed by atoms with Gasteiger partial charge in [0.1, 0.15) is 11.5 Å².